The van der Waals surface area contributed by atoms with Crippen molar-refractivity contribution < 1.29 is 0 Å². The SMILES string of the molecule is CC1(C)CCC(NN)CC1. The van der Waals surface area contributed by atoms with Crippen LogP contribution in [0.4, 0.5) is 0 Å². The lowest BCUT2D eigenvalue weighted by atomic mass is 9.76. The van der Waals surface area contributed by atoms with E-state index in [0.29, 0.717) is 11.5 Å². The lowest BCUT2D eigenvalue weighted by molar-refractivity contribution is 0.207. The van der Waals surface area contributed by atoms with E-state index in [9.17, 15) is 0 Å². The summed E-state index contributed by atoms with van der Waals surface area (Å²) >= 11 is 0. The molecule has 0 aromatic carbocycles. The van der Waals surface area contributed by atoms with Gasteiger partial charge in [0.15, 0.2) is 0 Å². The first-order valence-corrected chi connectivity index (χ1v) is 4.10. The van der Waals surface area contributed by atoms with E-state index in [1.165, 1.54) is 25.7 Å². The van der Waals surface area contributed by atoms with Crippen molar-refractivity contribution in [1.29, 1.82) is 0 Å². The smallest absolute Gasteiger partial charge is 0.0210 e. The van der Waals surface area contributed by atoms with E-state index in [4.69, 9.17) is 5.84 Å². The van der Waals surface area contributed by atoms with E-state index in [1.807, 2.05) is 0 Å². The molecular weight excluding hydrogens is 124 g/mol. The maximum absolute atomic E-state index is 5.34. The topological polar surface area (TPSA) is 38.0 Å². The molecule has 0 aromatic heterocycles. The third-order valence-corrected chi connectivity index (χ3v) is 2.57. The maximum atomic E-state index is 5.34. The van der Waals surface area contributed by atoms with Gasteiger partial charge >= 0.3 is 0 Å². The number of rotatable bonds is 1. The van der Waals surface area contributed by atoms with E-state index >= 15 is 0 Å². The van der Waals surface area contributed by atoms with Crippen molar-refractivity contribution >= 4 is 0 Å². The highest BCUT2D eigenvalue weighted by molar-refractivity contribution is 4.80. The minimum Gasteiger partial charge on any atom is -0.271 e. The van der Waals surface area contributed by atoms with E-state index in [2.05, 4.69) is 19.3 Å². The van der Waals surface area contributed by atoms with Gasteiger partial charge in [0.25, 0.3) is 0 Å². The second-order valence-electron chi connectivity index (χ2n) is 4.11. The Hall–Kier alpha value is -0.0800. The average Bonchev–Trinajstić information content (AvgIpc) is 1.88. The largest absolute Gasteiger partial charge is 0.271 e. The molecule has 1 aliphatic rings. The quantitative estimate of drug-likeness (QED) is 0.429. The standard InChI is InChI=1S/C8H18N2/c1-8(2)5-3-7(10-9)4-6-8/h7,10H,3-6,9H2,1-2H3. The van der Waals surface area contributed by atoms with Crippen LogP contribution >= 0.6 is 0 Å². The van der Waals surface area contributed by atoms with E-state index in [0.717, 1.165) is 0 Å². The summed E-state index contributed by atoms with van der Waals surface area (Å²) in [7, 11) is 0. The Morgan fingerprint density at radius 1 is 1.30 bits per heavy atom. The van der Waals surface area contributed by atoms with Crippen molar-refractivity contribution in [2.24, 2.45) is 11.3 Å². The van der Waals surface area contributed by atoms with Crippen molar-refractivity contribution in [3.8, 4) is 0 Å². The van der Waals surface area contributed by atoms with Crippen LogP contribution in [0.5, 0.6) is 0 Å². The normalized spacial score (nSPS) is 26.7. The molecule has 60 valence electrons. The van der Waals surface area contributed by atoms with Gasteiger partial charge in [0.2, 0.25) is 0 Å². The summed E-state index contributed by atoms with van der Waals surface area (Å²) < 4.78 is 0. The Labute approximate surface area is 63.1 Å². The van der Waals surface area contributed by atoms with Crippen molar-refractivity contribution in [2.45, 2.75) is 45.6 Å². The van der Waals surface area contributed by atoms with Crippen LogP contribution in [-0.4, -0.2) is 6.04 Å². The minimum atomic E-state index is 0.563. The highest BCUT2D eigenvalue weighted by atomic mass is 15.2. The molecule has 0 unspecified atom stereocenters. The first-order valence-electron chi connectivity index (χ1n) is 4.10. The van der Waals surface area contributed by atoms with Gasteiger partial charge in [-0.05, 0) is 31.1 Å². The lowest BCUT2D eigenvalue weighted by Crippen LogP contribution is -2.39. The molecule has 1 saturated carbocycles. The molecule has 0 heterocycles. The maximum Gasteiger partial charge on any atom is 0.0210 e. The number of hydrogen-bond acceptors (Lipinski definition) is 2. The summed E-state index contributed by atoms with van der Waals surface area (Å²) in [4.78, 5) is 0. The fourth-order valence-corrected chi connectivity index (χ4v) is 1.57. The van der Waals surface area contributed by atoms with Crippen LogP contribution in [0.25, 0.3) is 0 Å². The molecule has 2 heteroatoms. The summed E-state index contributed by atoms with van der Waals surface area (Å²) in [6.45, 7) is 4.67. The monoisotopic (exact) mass is 142 g/mol. The van der Waals surface area contributed by atoms with Crippen molar-refractivity contribution in [3.63, 3.8) is 0 Å². The average molecular weight is 142 g/mol. The van der Waals surface area contributed by atoms with Crippen LogP contribution in [0, 0.1) is 5.41 Å². The summed E-state index contributed by atoms with van der Waals surface area (Å²) in [5.41, 5.74) is 3.40. The van der Waals surface area contributed by atoms with Gasteiger partial charge in [-0.2, -0.15) is 0 Å². The summed E-state index contributed by atoms with van der Waals surface area (Å²) in [5, 5.41) is 0. The van der Waals surface area contributed by atoms with Crippen LogP contribution < -0.4 is 11.3 Å². The van der Waals surface area contributed by atoms with E-state index in [-0.39, 0.29) is 0 Å². The molecule has 0 amide bonds. The summed E-state index contributed by atoms with van der Waals surface area (Å²) in [6, 6.07) is 0.577. The zero-order valence-electron chi connectivity index (χ0n) is 6.98. The first kappa shape index (κ1) is 8.02. The molecule has 2 nitrogen and oxygen atoms in total. The predicted molar refractivity (Wildman–Crippen MR) is 43.4 cm³/mol. The molecule has 0 radical (unpaired) electrons. The third kappa shape index (κ3) is 1.96. The Morgan fingerprint density at radius 3 is 2.20 bits per heavy atom. The van der Waals surface area contributed by atoms with Crippen LogP contribution in [-0.2, 0) is 0 Å². The molecule has 0 bridgehead atoms. The molecule has 10 heavy (non-hydrogen) atoms. The van der Waals surface area contributed by atoms with Crippen molar-refractivity contribution in [1.82, 2.24) is 5.43 Å². The minimum absolute atomic E-state index is 0.563. The second-order valence-corrected chi connectivity index (χ2v) is 4.11. The van der Waals surface area contributed by atoms with Crippen LogP contribution in [0.3, 0.4) is 0 Å². The molecular formula is C8H18N2. The van der Waals surface area contributed by atoms with E-state index in [1.54, 1.807) is 0 Å². The highest BCUT2D eigenvalue weighted by Crippen LogP contribution is 2.34. The van der Waals surface area contributed by atoms with Gasteiger partial charge in [-0.1, -0.05) is 13.8 Å². The summed E-state index contributed by atoms with van der Waals surface area (Å²) in [5.74, 6) is 5.34. The van der Waals surface area contributed by atoms with Gasteiger partial charge in [0.05, 0.1) is 0 Å². The van der Waals surface area contributed by atoms with Crippen LogP contribution in [0.1, 0.15) is 39.5 Å². The molecule has 1 rings (SSSR count). The number of nitrogens with two attached hydrogens (primary N) is 1. The van der Waals surface area contributed by atoms with Gasteiger partial charge in [0, 0.05) is 6.04 Å². The molecule has 0 aliphatic heterocycles. The zero-order chi connectivity index (χ0) is 7.61. The zero-order valence-corrected chi connectivity index (χ0v) is 6.98. The second kappa shape index (κ2) is 2.89. The fourth-order valence-electron chi connectivity index (χ4n) is 1.57. The highest BCUT2D eigenvalue weighted by Gasteiger charge is 2.25. The van der Waals surface area contributed by atoms with Gasteiger partial charge in [-0.15, -0.1) is 0 Å². The number of hydrazine groups is 1. The number of hydrogen-bond donors (Lipinski definition) is 2. The van der Waals surface area contributed by atoms with Gasteiger partial charge in [-0.3, -0.25) is 11.3 Å². The lowest BCUT2D eigenvalue weighted by Gasteiger charge is -2.33. The fraction of sp³-hybridized carbons (Fsp3) is 1.00. The van der Waals surface area contributed by atoms with E-state index < -0.39 is 0 Å². The Kier molecular flexibility index (Phi) is 2.32. The molecule has 1 fully saturated rings. The molecule has 0 spiro atoms. The molecule has 1 aliphatic carbocycles. The molecule has 0 atom stereocenters. The number of nitrogens with one attached hydrogen (secondary N) is 1. The van der Waals surface area contributed by atoms with Gasteiger partial charge in [0.1, 0.15) is 0 Å². The summed E-state index contributed by atoms with van der Waals surface area (Å²) in [6.07, 6.45) is 5.09. The van der Waals surface area contributed by atoms with Gasteiger partial charge in [-0.25, -0.2) is 0 Å². The third-order valence-electron chi connectivity index (χ3n) is 2.57. The van der Waals surface area contributed by atoms with Crippen LogP contribution in [0.2, 0.25) is 0 Å². The first-order chi connectivity index (χ1) is 4.64. The van der Waals surface area contributed by atoms with Gasteiger partial charge < -0.3 is 0 Å². The Morgan fingerprint density at radius 2 is 1.80 bits per heavy atom. The molecule has 0 saturated heterocycles. The Bertz CT molecular complexity index is 99.8. The molecule has 3 N–H and O–H groups in total. The molecule has 0 aromatic rings. The predicted octanol–water partition coefficient (Wildman–Crippen LogP) is 1.42. The van der Waals surface area contributed by atoms with Crippen molar-refractivity contribution in [3.05, 3.63) is 0 Å². The van der Waals surface area contributed by atoms with Crippen molar-refractivity contribution in [2.75, 3.05) is 0 Å². The Balaban J connectivity index is 2.31. The van der Waals surface area contributed by atoms with Crippen LogP contribution in [0.15, 0.2) is 0 Å².